The third-order valence-electron chi connectivity index (χ3n) is 2.70. The number of thiocarbonyl (C=S) groups is 1. The van der Waals surface area contributed by atoms with E-state index in [1.54, 1.807) is 11.8 Å². The number of nitrogens with one attached hydrogen (secondary N) is 1. The molecule has 1 aromatic carbocycles. The van der Waals surface area contributed by atoms with Gasteiger partial charge in [0.25, 0.3) is 0 Å². The summed E-state index contributed by atoms with van der Waals surface area (Å²) in [6, 6.07) is 7.90. The molecule has 1 aromatic heterocycles. The Hall–Kier alpha value is -1.53. The number of hydrogen-bond acceptors (Lipinski definition) is 5. The van der Waals surface area contributed by atoms with Crippen LogP contribution in [0, 0.1) is 6.92 Å². The van der Waals surface area contributed by atoms with Crippen LogP contribution in [0.25, 0.3) is 0 Å². The number of aromatic nitrogens is 1. The maximum atomic E-state index is 5.86. The van der Waals surface area contributed by atoms with Crippen molar-refractivity contribution in [2.75, 3.05) is 11.1 Å². The lowest BCUT2D eigenvalue weighted by atomic mass is 10.1. The summed E-state index contributed by atoms with van der Waals surface area (Å²) in [6.45, 7) is 4.55. The van der Waals surface area contributed by atoms with E-state index in [0.717, 1.165) is 33.4 Å². The molecule has 0 amide bonds. The lowest BCUT2D eigenvalue weighted by Crippen LogP contribution is -2.14. The zero-order valence-electron chi connectivity index (χ0n) is 11.5. The number of thioether (sulfide) groups is 1. The number of nitrogens with two attached hydrogens (primary N) is 1. The normalized spacial score (nSPS) is 10.5. The molecular weight excluding hydrogens is 290 g/mol. The van der Waals surface area contributed by atoms with Crippen LogP contribution in [0.5, 0.6) is 0 Å². The summed E-state index contributed by atoms with van der Waals surface area (Å²) in [7, 11) is 0. The molecule has 3 N–H and O–H groups in total. The highest BCUT2D eigenvalue weighted by Crippen LogP contribution is 2.28. The molecule has 0 unspecified atom stereocenters. The van der Waals surface area contributed by atoms with Crippen LogP contribution in [-0.4, -0.2) is 15.9 Å². The first-order valence-corrected chi connectivity index (χ1v) is 7.73. The molecule has 0 aliphatic heterocycles. The molecule has 0 atom stereocenters. The molecule has 2 rings (SSSR count). The fourth-order valence-electron chi connectivity index (χ4n) is 1.89. The van der Waals surface area contributed by atoms with Crippen molar-refractivity contribution in [3.05, 3.63) is 41.3 Å². The van der Waals surface area contributed by atoms with Crippen molar-refractivity contribution < 1.29 is 4.52 Å². The molecular formula is C14H17N3OS2. The summed E-state index contributed by atoms with van der Waals surface area (Å²) in [5.74, 6) is 1.75. The monoisotopic (exact) mass is 307 g/mol. The SMILES string of the molecule is CCSc1cccc(NCc2cc(C)no2)c1C(N)=S. The smallest absolute Gasteiger partial charge is 0.156 e. The van der Waals surface area contributed by atoms with E-state index < -0.39 is 0 Å². The minimum atomic E-state index is 0.401. The summed E-state index contributed by atoms with van der Waals surface area (Å²) in [5, 5.41) is 7.17. The zero-order valence-corrected chi connectivity index (χ0v) is 13.1. The molecule has 2 aromatic rings. The van der Waals surface area contributed by atoms with Crippen molar-refractivity contribution in [1.82, 2.24) is 5.16 Å². The van der Waals surface area contributed by atoms with E-state index in [0.29, 0.717) is 11.5 Å². The van der Waals surface area contributed by atoms with Gasteiger partial charge in [-0.15, -0.1) is 11.8 Å². The molecule has 0 aliphatic rings. The lowest BCUT2D eigenvalue weighted by molar-refractivity contribution is 0.384. The van der Waals surface area contributed by atoms with E-state index in [-0.39, 0.29) is 0 Å². The highest BCUT2D eigenvalue weighted by molar-refractivity contribution is 7.99. The number of nitrogens with zero attached hydrogens (tertiary/aromatic N) is 1. The van der Waals surface area contributed by atoms with Crippen molar-refractivity contribution in [2.24, 2.45) is 5.73 Å². The molecule has 0 spiro atoms. The molecule has 0 saturated carbocycles. The lowest BCUT2D eigenvalue weighted by Gasteiger charge is -2.14. The van der Waals surface area contributed by atoms with Crippen molar-refractivity contribution in [3.8, 4) is 0 Å². The van der Waals surface area contributed by atoms with E-state index in [4.69, 9.17) is 22.5 Å². The van der Waals surface area contributed by atoms with Gasteiger partial charge in [-0.3, -0.25) is 0 Å². The minimum Gasteiger partial charge on any atom is -0.389 e. The molecule has 106 valence electrons. The first-order chi connectivity index (χ1) is 9.61. The highest BCUT2D eigenvalue weighted by Gasteiger charge is 2.11. The maximum Gasteiger partial charge on any atom is 0.156 e. The second kappa shape index (κ2) is 6.76. The van der Waals surface area contributed by atoms with Gasteiger partial charge in [0.1, 0.15) is 4.99 Å². The van der Waals surface area contributed by atoms with Gasteiger partial charge in [0.2, 0.25) is 0 Å². The van der Waals surface area contributed by atoms with Crippen LogP contribution >= 0.6 is 24.0 Å². The summed E-state index contributed by atoms with van der Waals surface area (Å²) >= 11 is 6.90. The van der Waals surface area contributed by atoms with Gasteiger partial charge in [-0.05, 0) is 24.8 Å². The molecule has 0 fully saturated rings. The van der Waals surface area contributed by atoms with Crippen molar-refractivity contribution in [2.45, 2.75) is 25.3 Å². The average Bonchev–Trinajstić information content (AvgIpc) is 2.82. The van der Waals surface area contributed by atoms with Gasteiger partial charge >= 0.3 is 0 Å². The van der Waals surface area contributed by atoms with Gasteiger partial charge in [0.05, 0.1) is 12.2 Å². The van der Waals surface area contributed by atoms with E-state index in [1.807, 2.05) is 31.2 Å². The topological polar surface area (TPSA) is 64.1 Å². The third kappa shape index (κ3) is 3.52. The van der Waals surface area contributed by atoms with Gasteiger partial charge in [0.15, 0.2) is 5.76 Å². The number of anilines is 1. The third-order valence-corrected chi connectivity index (χ3v) is 3.85. The molecule has 0 bridgehead atoms. The number of aryl methyl sites for hydroxylation is 1. The first kappa shape index (κ1) is 14.9. The summed E-state index contributed by atoms with van der Waals surface area (Å²) in [5.41, 5.74) is 8.54. The molecule has 0 radical (unpaired) electrons. The van der Waals surface area contributed by atoms with E-state index >= 15 is 0 Å². The van der Waals surface area contributed by atoms with Crippen molar-refractivity contribution in [1.29, 1.82) is 0 Å². The Kier molecular flexibility index (Phi) is 5.03. The Balaban J connectivity index is 2.22. The van der Waals surface area contributed by atoms with Crippen molar-refractivity contribution >= 4 is 34.7 Å². The number of hydrogen-bond donors (Lipinski definition) is 2. The fraction of sp³-hybridized carbons (Fsp3) is 0.286. The van der Waals surface area contributed by atoms with Gasteiger partial charge in [-0.1, -0.05) is 30.4 Å². The minimum absolute atomic E-state index is 0.401. The molecule has 6 heteroatoms. The van der Waals surface area contributed by atoms with Crippen LogP contribution in [0.3, 0.4) is 0 Å². The predicted octanol–water partition coefficient (Wildman–Crippen LogP) is 3.34. The van der Waals surface area contributed by atoms with Crippen LogP contribution in [0.2, 0.25) is 0 Å². The van der Waals surface area contributed by atoms with E-state index in [9.17, 15) is 0 Å². The van der Waals surface area contributed by atoms with E-state index in [1.165, 1.54) is 0 Å². The van der Waals surface area contributed by atoms with Crippen LogP contribution in [0.4, 0.5) is 5.69 Å². The Morgan fingerprint density at radius 2 is 2.30 bits per heavy atom. The highest BCUT2D eigenvalue weighted by atomic mass is 32.2. The summed E-state index contributed by atoms with van der Waals surface area (Å²) < 4.78 is 5.18. The largest absolute Gasteiger partial charge is 0.389 e. The van der Waals surface area contributed by atoms with Crippen LogP contribution in [0.15, 0.2) is 33.7 Å². The molecule has 0 aliphatic carbocycles. The van der Waals surface area contributed by atoms with E-state index in [2.05, 4.69) is 17.4 Å². The predicted molar refractivity (Wildman–Crippen MR) is 87.3 cm³/mol. The number of benzene rings is 1. The van der Waals surface area contributed by atoms with Gasteiger partial charge in [-0.2, -0.15) is 0 Å². The molecule has 4 nitrogen and oxygen atoms in total. The Morgan fingerprint density at radius 1 is 1.50 bits per heavy atom. The standard InChI is InChI=1S/C14H17N3OS2/c1-3-20-12-6-4-5-11(13(12)14(15)19)16-8-10-7-9(2)17-18-10/h4-7,16H,3,8H2,1-2H3,(H2,15,19). The summed E-state index contributed by atoms with van der Waals surface area (Å²) in [6.07, 6.45) is 0. The van der Waals surface area contributed by atoms with Crippen LogP contribution in [0.1, 0.15) is 23.9 Å². The Labute approximate surface area is 128 Å². The molecule has 0 saturated heterocycles. The quantitative estimate of drug-likeness (QED) is 0.630. The molecule has 1 heterocycles. The summed E-state index contributed by atoms with van der Waals surface area (Å²) in [4.78, 5) is 1.50. The number of rotatable bonds is 6. The molecule has 20 heavy (non-hydrogen) atoms. The van der Waals surface area contributed by atoms with Gasteiger partial charge < -0.3 is 15.6 Å². The van der Waals surface area contributed by atoms with Crippen LogP contribution in [-0.2, 0) is 6.54 Å². The first-order valence-electron chi connectivity index (χ1n) is 6.33. The van der Waals surface area contributed by atoms with Crippen molar-refractivity contribution in [3.63, 3.8) is 0 Å². The Morgan fingerprint density at radius 3 is 2.90 bits per heavy atom. The van der Waals surface area contributed by atoms with Gasteiger partial charge in [0, 0.05) is 22.2 Å². The second-order valence-electron chi connectivity index (χ2n) is 4.26. The Bertz CT molecular complexity index is 610. The fourth-order valence-corrected chi connectivity index (χ4v) is 3.02. The second-order valence-corrected chi connectivity index (χ2v) is 6.01. The zero-order chi connectivity index (χ0) is 14.5. The average molecular weight is 307 g/mol. The van der Waals surface area contributed by atoms with Crippen LogP contribution < -0.4 is 11.1 Å². The van der Waals surface area contributed by atoms with Gasteiger partial charge in [-0.25, -0.2) is 0 Å². The maximum absolute atomic E-state index is 5.86.